The summed E-state index contributed by atoms with van der Waals surface area (Å²) in [5.74, 6) is 0.354. The highest BCUT2D eigenvalue weighted by atomic mass is 16.5. The first-order valence-electron chi connectivity index (χ1n) is 5.75. The van der Waals surface area contributed by atoms with Crippen molar-refractivity contribution in [1.29, 1.82) is 0 Å². The summed E-state index contributed by atoms with van der Waals surface area (Å²) in [6, 6.07) is 7.75. The van der Waals surface area contributed by atoms with Crippen LogP contribution in [0.3, 0.4) is 0 Å². The summed E-state index contributed by atoms with van der Waals surface area (Å²) < 4.78 is 5.68. The number of benzene rings is 1. The Kier molecular flexibility index (Phi) is 4.17. The Bertz CT molecular complexity index is 330. The van der Waals surface area contributed by atoms with Crippen LogP contribution in [-0.2, 0) is 4.65 Å². The van der Waals surface area contributed by atoms with Gasteiger partial charge in [0.1, 0.15) is 0 Å². The zero-order chi connectivity index (χ0) is 12.3. The zero-order valence-corrected chi connectivity index (χ0v) is 10.8. The number of aryl methyl sites for hydroxylation is 1. The summed E-state index contributed by atoms with van der Waals surface area (Å²) in [6.45, 7) is 10.2. The van der Waals surface area contributed by atoms with Gasteiger partial charge in [-0.1, -0.05) is 43.7 Å². The summed E-state index contributed by atoms with van der Waals surface area (Å²) in [6.07, 6.45) is 0. The Morgan fingerprint density at radius 3 is 2.12 bits per heavy atom. The minimum Gasteiger partial charge on any atom is -0.423 e. The standard InChI is InChI=1S/C13H21BO2/c1-10(2)13(4,5)16-14(15)12-8-6-11(3)7-9-12/h6-10,15H,1-5H3. The Labute approximate surface area is 98.8 Å². The molecule has 0 aromatic heterocycles. The van der Waals surface area contributed by atoms with Crippen LogP contribution in [0.15, 0.2) is 24.3 Å². The molecule has 1 aromatic carbocycles. The van der Waals surface area contributed by atoms with Gasteiger partial charge in [0, 0.05) is 0 Å². The molecule has 1 N–H and O–H groups in total. The summed E-state index contributed by atoms with van der Waals surface area (Å²) in [5.41, 5.74) is 1.66. The van der Waals surface area contributed by atoms with Crippen LogP contribution in [0.2, 0.25) is 0 Å². The van der Waals surface area contributed by atoms with Crippen LogP contribution in [0.1, 0.15) is 33.3 Å². The van der Waals surface area contributed by atoms with Crippen LogP contribution in [0, 0.1) is 12.8 Å². The van der Waals surface area contributed by atoms with Crippen molar-refractivity contribution < 1.29 is 9.68 Å². The van der Waals surface area contributed by atoms with Gasteiger partial charge < -0.3 is 9.68 Å². The zero-order valence-electron chi connectivity index (χ0n) is 10.8. The number of rotatable bonds is 4. The normalized spacial score (nSPS) is 11.9. The Morgan fingerprint density at radius 1 is 1.19 bits per heavy atom. The lowest BCUT2D eigenvalue weighted by molar-refractivity contribution is 0.0423. The minimum absolute atomic E-state index is 0.329. The monoisotopic (exact) mass is 220 g/mol. The third kappa shape index (κ3) is 3.36. The largest absolute Gasteiger partial charge is 0.491 e. The smallest absolute Gasteiger partial charge is 0.423 e. The SMILES string of the molecule is Cc1ccc(B(O)OC(C)(C)C(C)C)cc1. The molecule has 0 saturated carbocycles. The molecule has 0 saturated heterocycles. The molecule has 2 nitrogen and oxygen atoms in total. The molecule has 0 radical (unpaired) electrons. The first-order valence-corrected chi connectivity index (χ1v) is 5.75. The third-order valence-electron chi connectivity index (χ3n) is 3.17. The number of hydrogen-bond acceptors (Lipinski definition) is 2. The second-order valence-corrected chi connectivity index (χ2v) is 5.14. The van der Waals surface area contributed by atoms with Crippen LogP contribution in [-0.4, -0.2) is 17.7 Å². The predicted octanol–water partition coefficient (Wildman–Crippen LogP) is 2.13. The highest BCUT2D eigenvalue weighted by Gasteiger charge is 2.29. The van der Waals surface area contributed by atoms with Crippen molar-refractivity contribution in [3.05, 3.63) is 29.8 Å². The first-order chi connectivity index (χ1) is 7.33. The molecule has 0 amide bonds. The molecule has 0 bridgehead atoms. The molecule has 0 heterocycles. The third-order valence-corrected chi connectivity index (χ3v) is 3.17. The highest BCUT2D eigenvalue weighted by molar-refractivity contribution is 6.60. The van der Waals surface area contributed by atoms with E-state index in [1.807, 2.05) is 45.0 Å². The van der Waals surface area contributed by atoms with Gasteiger partial charge in [-0.3, -0.25) is 0 Å². The van der Waals surface area contributed by atoms with Crippen molar-refractivity contribution in [1.82, 2.24) is 0 Å². The van der Waals surface area contributed by atoms with Crippen LogP contribution in [0.4, 0.5) is 0 Å². The van der Waals surface area contributed by atoms with E-state index in [-0.39, 0.29) is 5.60 Å². The van der Waals surface area contributed by atoms with Gasteiger partial charge in [0.25, 0.3) is 0 Å². The molecule has 0 fully saturated rings. The lowest BCUT2D eigenvalue weighted by atomic mass is 9.77. The van der Waals surface area contributed by atoms with Gasteiger partial charge in [0.15, 0.2) is 0 Å². The number of hydrogen-bond donors (Lipinski definition) is 1. The van der Waals surface area contributed by atoms with Gasteiger partial charge in [-0.15, -0.1) is 0 Å². The van der Waals surface area contributed by atoms with Crippen molar-refractivity contribution in [3.63, 3.8) is 0 Å². The second kappa shape index (κ2) is 5.02. The molecule has 0 aliphatic carbocycles. The molecule has 16 heavy (non-hydrogen) atoms. The van der Waals surface area contributed by atoms with Crippen LogP contribution >= 0.6 is 0 Å². The van der Waals surface area contributed by atoms with Crippen LogP contribution in [0.5, 0.6) is 0 Å². The fourth-order valence-electron chi connectivity index (χ4n) is 1.22. The second-order valence-electron chi connectivity index (χ2n) is 5.14. The van der Waals surface area contributed by atoms with Gasteiger partial charge in [0.2, 0.25) is 0 Å². The average Bonchev–Trinajstić information content (AvgIpc) is 2.17. The predicted molar refractivity (Wildman–Crippen MR) is 68.8 cm³/mol. The van der Waals surface area contributed by atoms with E-state index in [9.17, 15) is 5.02 Å². The molecule has 0 atom stereocenters. The maximum Gasteiger partial charge on any atom is 0.491 e. The molecular weight excluding hydrogens is 199 g/mol. The summed E-state index contributed by atoms with van der Waals surface area (Å²) in [7, 11) is -0.849. The van der Waals surface area contributed by atoms with E-state index in [0.29, 0.717) is 5.92 Å². The lowest BCUT2D eigenvalue weighted by Gasteiger charge is -2.31. The highest BCUT2D eigenvalue weighted by Crippen LogP contribution is 2.20. The van der Waals surface area contributed by atoms with Crippen molar-refractivity contribution in [2.24, 2.45) is 5.92 Å². The lowest BCUT2D eigenvalue weighted by Crippen LogP contribution is -2.44. The van der Waals surface area contributed by atoms with E-state index in [0.717, 1.165) is 5.46 Å². The van der Waals surface area contributed by atoms with Gasteiger partial charge in [-0.05, 0) is 32.2 Å². The topological polar surface area (TPSA) is 29.5 Å². The average molecular weight is 220 g/mol. The molecule has 0 unspecified atom stereocenters. The summed E-state index contributed by atoms with van der Waals surface area (Å²) in [5, 5.41) is 9.97. The van der Waals surface area contributed by atoms with Gasteiger partial charge >= 0.3 is 7.12 Å². The van der Waals surface area contributed by atoms with Crippen molar-refractivity contribution in [2.75, 3.05) is 0 Å². The Morgan fingerprint density at radius 2 is 1.69 bits per heavy atom. The molecule has 0 aliphatic heterocycles. The van der Waals surface area contributed by atoms with Crippen molar-refractivity contribution in [3.8, 4) is 0 Å². The fraction of sp³-hybridized carbons (Fsp3) is 0.538. The molecular formula is C13H21BO2. The minimum atomic E-state index is -0.849. The van der Waals surface area contributed by atoms with E-state index in [4.69, 9.17) is 4.65 Å². The van der Waals surface area contributed by atoms with Gasteiger partial charge in [0.05, 0.1) is 5.60 Å². The van der Waals surface area contributed by atoms with E-state index in [2.05, 4.69) is 13.8 Å². The van der Waals surface area contributed by atoms with Crippen LogP contribution in [0.25, 0.3) is 0 Å². The Hall–Kier alpha value is -0.795. The van der Waals surface area contributed by atoms with Gasteiger partial charge in [-0.2, -0.15) is 0 Å². The van der Waals surface area contributed by atoms with Crippen molar-refractivity contribution >= 4 is 12.6 Å². The Balaban J connectivity index is 2.72. The van der Waals surface area contributed by atoms with E-state index in [1.54, 1.807) is 0 Å². The maximum atomic E-state index is 9.97. The molecule has 3 heteroatoms. The molecule has 1 aromatic rings. The first kappa shape index (κ1) is 13.3. The van der Waals surface area contributed by atoms with E-state index >= 15 is 0 Å². The quantitative estimate of drug-likeness (QED) is 0.787. The molecule has 0 aliphatic rings. The van der Waals surface area contributed by atoms with E-state index in [1.165, 1.54) is 5.56 Å². The molecule has 88 valence electrons. The maximum absolute atomic E-state index is 9.97. The summed E-state index contributed by atoms with van der Waals surface area (Å²) >= 11 is 0. The molecule has 1 rings (SSSR count). The molecule has 0 spiro atoms. The van der Waals surface area contributed by atoms with Crippen molar-refractivity contribution in [2.45, 2.75) is 40.2 Å². The van der Waals surface area contributed by atoms with Crippen LogP contribution < -0.4 is 5.46 Å². The van der Waals surface area contributed by atoms with E-state index < -0.39 is 7.12 Å². The fourth-order valence-corrected chi connectivity index (χ4v) is 1.22. The van der Waals surface area contributed by atoms with Gasteiger partial charge in [-0.25, -0.2) is 0 Å². The summed E-state index contributed by atoms with van der Waals surface area (Å²) in [4.78, 5) is 0.